The minimum Gasteiger partial charge on any atom is -0.467 e. The summed E-state index contributed by atoms with van der Waals surface area (Å²) in [6, 6.07) is 9.77. The van der Waals surface area contributed by atoms with E-state index in [9.17, 15) is 19.7 Å². The Hall–Kier alpha value is -3.88. The number of benzene rings is 1. The SMILES string of the molecule is Cc1cc(C(=O)COC(=O)c2ccc(N3CCCC(C)C3)c([N+](=O)[O-])c2)c(C)n1Cc1ccco1. The van der Waals surface area contributed by atoms with Crippen LogP contribution in [0.1, 0.15) is 57.6 Å². The number of carbonyl (C=O) groups is 2. The van der Waals surface area contributed by atoms with Crippen molar-refractivity contribution in [3.8, 4) is 0 Å². The number of Topliss-reactive ketones (excluding diaryl/α,β-unsaturated/α-hetero) is 1. The van der Waals surface area contributed by atoms with Crippen LogP contribution in [-0.4, -0.2) is 40.9 Å². The number of ether oxygens (including phenoxy) is 1. The van der Waals surface area contributed by atoms with Gasteiger partial charge in [-0.25, -0.2) is 4.79 Å². The van der Waals surface area contributed by atoms with Gasteiger partial charge >= 0.3 is 5.97 Å². The molecule has 9 heteroatoms. The van der Waals surface area contributed by atoms with Gasteiger partial charge in [-0.2, -0.15) is 0 Å². The van der Waals surface area contributed by atoms with E-state index in [0.29, 0.717) is 23.7 Å². The monoisotopic (exact) mass is 479 g/mol. The summed E-state index contributed by atoms with van der Waals surface area (Å²) >= 11 is 0. The van der Waals surface area contributed by atoms with Gasteiger partial charge in [0, 0.05) is 36.1 Å². The quantitative estimate of drug-likeness (QED) is 0.195. The molecule has 0 spiro atoms. The average Bonchev–Trinajstić information content (AvgIpc) is 3.45. The Morgan fingerprint density at radius 3 is 2.71 bits per heavy atom. The van der Waals surface area contributed by atoms with Crippen LogP contribution in [0.4, 0.5) is 11.4 Å². The van der Waals surface area contributed by atoms with Crippen molar-refractivity contribution in [2.75, 3.05) is 24.6 Å². The summed E-state index contributed by atoms with van der Waals surface area (Å²) in [5.41, 5.74) is 2.49. The zero-order chi connectivity index (χ0) is 25.1. The van der Waals surface area contributed by atoms with E-state index in [4.69, 9.17) is 9.15 Å². The molecule has 1 saturated heterocycles. The first-order chi connectivity index (χ1) is 16.7. The molecule has 35 heavy (non-hydrogen) atoms. The molecule has 9 nitrogen and oxygen atoms in total. The maximum absolute atomic E-state index is 12.8. The fourth-order valence-corrected chi connectivity index (χ4v) is 4.65. The Bertz CT molecular complexity index is 1240. The summed E-state index contributed by atoms with van der Waals surface area (Å²) in [7, 11) is 0. The molecule has 0 amide bonds. The Morgan fingerprint density at radius 2 is 2.03 bits per heavy atom. The number of esters is 1. The number of aryl methyl sites for hydroxylation is 1. The van der Waals surface area contributed by atoms with E-state index in [0.717, 1.165) is 43.1 Å². The first-order valence-corrected chi connectivity index (χ1v) is 11.7. The van der Waals surface area contributed by atoms with Gasteiger partial charge in [0.25, 0.3) is 5.69 Å². The predicted molar refractivity (Wildman–Crippen MR) is 130 cm³/mol. The number of anilines is 1. The van der Waals surface area contributed by atoms with E-state index in [1.165, 1.54) is 12.1 Å². The van der Waals surface area contributed by atoms with Crippen LogP contribution in [-0.2, 0) is 11.3 Å². The molecule has 0 radical (unpaired) electrons. The number of carbonyl (C=O) groups excluding carboxylic acids is 2. The smallest absolute Gasteiger partial charge is 0.338 e. The highest BCUT2D eigenvalue weighted by Gasteiger charge is 2.26. The van der Waals surface area contributed by atoms with Gasteiger partial charge in [0.2, 0.25) is 5.78 Å². The highest BCUT2D eigenvalue weighted by Crippen LogP contribution is 2.32. The lowest BCUT2D eigenvalue weighted by Gasteiger charge is -2.32. The number of hydrogen-bond acceptors (Lipinski definition) is 7. The van der Waals surface area contributed by atoms with Crippen molar-refractivity contribution in [1.29, 1.82) is 0 Å². The molecule has 3 aromatic rings. The Kier molecular flexibility index (Phi) is 7.04. The van der Waals surface area contributed by atoms with Crippen molar-refractivity contribution in [2.24, 2.45) is 5.92 Å². The number of nitrogens with zero attached hydrogens (tertiary/aromatic N) is 3. The number of piperidine rings is 1. The van der Waals surface area contributed by atoms with E-state index in [1.807, 2.05) is 29.4 Å². The highest BCUT2D eigenvalue weighted by molar-refractivity contribution is 6.00. The number of rotatable bonds is 8. The maximum atomic E-state index is 12.8. The molecular weight excluding hydrogens is 450 g/mol. The number of hydrogen-bond donors (Lipinski definition) is 0. The highest BCUT2D eigenvalue weighted by atomic mass is 16.6. The van der Waals surface area contributed by atoms with Gasteiger partial charge in [0.05, 0.1) is 23.3 Å². The van der Waals surface area contributed by atoms with Crippen molar-refractivity contribution < 1.29 is 23.7 Å². The zero-order valence-electron chi connectivity index (χ0n) is 20.2. The molecule has 3 heterocycles. The molecule has 1 aromatic carbocycles. The molecule has 0 bridgehead atoms. The lowest BCUT2D eigenvalue weighted by molar-refractivity contribution is -0.384. The van der Waals surface area contributed by atoms with Gasteiger partial charge in [0.15, 0.2) is 6.61 Å². The number of nitro groups is 1. The second-order valence-corrected chi connectivity index (χ2v) is 9.10. The van der Waals surface area contributed by atoms with E-state index >= 15 is 0 Å². The van der Waals surface area contributed by atoms with Gasteiger partial charge < -0.3 is 18.6 Å². The van der Waals surface area contributed by atoms with Gasteiger partial charge in [-0.3, -0.25) is 14.9 Å². The Morgan fingerprint density at radius 1 is 1.23 bits per heavy atom. The minimum absolute atomic E-state index is 0.0431. The summed E-state index contributed by atoms with van der Waals surface area (Å²) < 4.78 is 12.6. The predicted octanol–water partition coefficient (Wildman–Crippen LogP) is 4.93. The second kappa shape index (κ2) is 10.2. The topological polar surface area (TPSA) is 108 Å². The molecule has 1 fully saturated rings. The molecule has 1 atom stereocenters. The van der Waals surface area contributed by atoms with Crippen LogP contribution in [0.2, 0.25) is 0 Å². The van der Waals surface area contributed by atoms with Crippen molar-refractivity contribution in [3.05, 3.63) is 81.1 Å². The Labute approximate surface area is 203 Å². The fourth-order valence-electron chi connectivity index (χ4n) is 4.65. The number of aromatic nitrogens is 1. The third kappa shape index (κ3) is 5.29. The van der Waals surface area contributed by atoms with Gasteiger partial charge in [-0.1, -0.05) is 6.92 Å². The Balaban J connectivity index is 1.45. The summed E-state index contributed by atoms with van der Waals surface area (Å²) in [6.45, 7) is 7.35. The average molecular weight is 480 g/mol. The van der Waals surface area contributed by atoms with E-state index in [2.05, 4.69) is 6.92 Å². The van der Waals surface area contributed by atoms with E-state index in [1.54, 1.807) is 24.5 Å². The largest absolute Gasteiger partial charge is 0.467 e. The second-order valence-electron chi connectivity index (χ2n) is 9.10. The van der Waals surface area contributed by atoms with Crippen LogP contribution in [0.3, 0.4) is 0 Å². The summed E-state index contributed by atoms with van der Waals surface area (Å²) in [5.74, 6) is 0.0938. The van der Waals surface area contributed by atoms with E-state index < -0.39 is 17.5 Å². The molecule has 1 aliphatic rings. The van der Waals surface area contributed by atoms with Crippen LogP contribution in [0, 0.1) is 29.9 Å². The van der Waals surface area contributed by atoms with Crippen LogP contribution >= 0.6 is 0 Å². The van der Waals surface area contributed by atoms with E-state index in [-0.39, 0.29) is 17.0 Å². The summed E-state index contributed by atoms with van der Waals surface area (Å²) in [6.07, 6.45) is 3.65. The molecule has 184 valence electrons. The molecule has 4 rings (SSSR count). The summed E-state index contributed by atoms with van der Waals surface area (Å²) in [4.78, 5) is 38.7. The summed E-state index contributed by atoms with van der Waals surface area (Å²) in [5, 5.41) is 11.7. The zero-order valence-corrected chi connectivity index (χ0v) is 20.2. The van der Waals surface area contributed by atoms with Crippen molar-refractivity contribution in [2.45, 2.75) is 40.2 Å². The first kappa shape index (κ1) is 24.3. The molecule has 0 saturated carbocycles. The lowest BCUT2D eigenvalue weighted by Crippen LogP contribution is -2.34. The molecular formula is C26H29N3O6. The van der Waals surface area contributed by atoms with Gasteiger partial charge in [-0.15, -0.1) is 0 Å². The maximum Gasteiger partial charge on any atom is 0.338 e. The van der Waals surface area contributed by atoms with Crippen LogP contribution in [0.5, 0.6) is 0 Å². The molecule has 1 unspecified atom stereocenters. The van der Waals surface area contributed by atoms with Crippen molar-refractivity contribution in [1.82, 2.24) is 4.57 Å². The van der Waals surface area contributed by atoms with Crippen LogP contribution in [0.25, 0.3) is 0 Å². The van der Waals surface area contributed by atoms with Gasteiger partial charge in [0.1, 0.15) is 11.4 Å². The van der Waals surface area contributed by atoms with Gasteiger partial charge in [-0.05, 0) is 62.9 Å². The molecule has 0 N–H and O–H groups in total. The van der Waals surface area contributed by atoms with Crippen LogP contribution < -0.4 is 4.90 Å². The minimum atomic E-state index is -0.774. The number of ketones is 1. The fraction of sp³-hybridized carbons (Fsp3) is 0.385. The first-order valence-electron chi connectivity index (χ1n) is 11.7. The molecule has 2 aromatic heterocycles. The third-order valence-corrected chi connectivity index (χ3v) is 6.51. The molecule has 1 aliphatic heterocycles. The number of nitro benzene ring substituents is 1. The number of furan rings is 1. The lowest BCUT2D eigenvalue weighted by atomic mass is 9.99. The van der Waals surface area contributed by atoms with Crippen molar-refractivity contribution >= 4 is 23.1 Å². The molecule has 0 aliphatic carbocycles. The normalized spacial score (nSPS) is 15.7. The van der Waals surface area contributed by atoms with Crippen molar-refractivity contribution in [3.63, 3.8) is 0 Å². The standard InChI is InChI=1S/C26H29N3O6/c1-17-6-4-10-27(14-17)23-9-8-20(13-24(23)29(32)33)26(31)35-16-25(30)22-12-18(2)28(19(22)3)15-21-7-5-11-34-21/h5,7-9,11-13,17H,4,6,10,14-16H2,1-3H3. The van der Waals surface area contributed by atoms with Crippen LogP contribution in [0.15, 0.2) is 47.1 Å². The third-order valence-electron chi connectivity index (χ3n) is 6.51.